The van der Waals surface area contributed by atoms with Crippen LogP contribution in [0.3, 0.4) is 0 Å². The van der Waals surface area contributed by atoms with E-state index in [0.717, 1.165) is 75.5 Å². The molecule has 5 rings (SSSR count). The van der Waals surface area contributed by atoms with Crippen molar-refractivity contribution in [2.75, 3.05) is 19.8 Å². The first-order valence-corrected chi connectivity index (χ1v) is 16.0. The smallest absolute Gasteiger partial charge is 0.344 e. The molecule has 8 heteroatoms. The summed E-state index contributed by atoms with van der Waals surface area (Å²) >= 11 is 0. The van der Waals surface area contributed by atoms with E-state index in [4.69, 9.17) is 23.7 Å². The lowest BCUT2D eigenvalue weighted by Crippen LogP contribution is -2.30. The number of aliphatic hydroxyl groups excluding tert-OH is 1. The van der Waals surface area contributed by atoms with Gasteiger partial charge in [0.2, 0.25) is 0 Å². The molecule has 1 heterocycles. The number of benzene rings is 2. The highest BCUT2D eigenvalue weighted by molar-refractivity contribution is 5.73. The molecule has 0 bridgehead atoms. The fourth-order valence-electron chi connectivity index (χ4n) is 6.96. The van der Waals surface area contributed by atoms with Crippen LogP contribution in [0.4, 0.5) is 0 Å². The van der Waals surface area contributed by atoms with Crippen LogP contribution in [-0.2, 0) is 48.0 Å². The Morgan fingerprint density at radius 1 is 1.02 bits per heavy atom. The number of fused-ring (bicyclic) bond motifs is 2. The van der Waals surface area contributed by atoms with E-state index >= 15 is 0 Å². The maximum Gasteiger partial charge on any atom is 0.344 e. The molecule has 1 saturated carbocycles. The van der Waals surface area contributed by atoms with Crippen molar-refractivity contribution in [2.24, 2.45) is 17.8 Å². The van der Waals surface area contributed by atoms with E-state index in [1.165, 1.54) is 5.56 Å². The van der Waals surface area contributed by atoms with E-state index in [-0.39, 0.29) is 50.7 Å². The largest absolute Gasteiger partial charge is 0.482 e. The monoisotopic (exact) mass is 594 g/mol. The predicted molar refractivity (Wildman–Crippen MR) is 160 cm³/mol. The number of esters is 2. The third-order valence-electron chi connectivity index (χ3n) is 9.26. The van der Waals surface area contributed by atoms with Gasteiger partial charge >= 0.3 is 11.9 Å². The lowest BCUT2D eigenvalue weighted by atomic mass is 9.73. The molecule has 43 heavy (non-hydrogen) atoms. The van der Waals surface area contributed by atoms with Gasteiger partial charge in [0.05, 0.1) is 18.6 Å². The van der Waals surface area contributed by atoms with Crippen molar-refractivity contribution in [2.45, 2.75) is 96.2 Å². The average molecular weight is 595 g/mol. The van der Waals surface area contributed by atoms with Crippen molar-refractivity contribution in [3.8, 4) is 5.75 Å². The van der Waals surface area contributed by atoms with Gasteiger partial charge in [-0.15, -0.1) is 0 Å². The highest BCUT2D eigenvalue weighted by Crippen LogP contribution is 2.48. The molecule has 0 amide bonds. The van der Waals surface area contributed by atoms with Crippen LogP contribution in [0.2, 0.25) is 0 Å². The normalized spacial score (nSPS) is 25.3. The molecule has 0 spiro atoms. The first-order valence-electron chi connectivity index (χ1n) is 16.0. The zero-order valence-electron chi connectivity index (χ0n) is 25.3. The number of rotatable bonds is 14. The van der Waals surface area contributed by atoms with Gasteiger partial charge in [-0.05, 0) is 98.3 Å². The highest BCUT2D eigenvalue weighted by atomic mass is 16.7. The molecule has 0 radical (unpaired) electrons. The molecule has 8 nitrogen and oxygen atoms in total. The van der Waals surface area contributed by atoms with Crippen LogP contribution in [-0.4, -0.2) is 55.4 Å². The molecule has 1 aliphatic heterocycles. The Hall–Kier alpha value is -2.94. The summed E-state index contributed by atoms with van der Waals surface area (Å²) in [7, 11) is 0. The van der Waals surface area contributed by atoms with Crippen molar-refractivity contribution in [3.05, 3.63) is 65.2 Å². The average Bonchev–Trinajstić information content (AvgIpc) is 3.34. The molecule has 1 unspecified atom stereocenters. The number of carbonyl (C=O) groups excluding carboxylic acids is 2. The number of aliphatic hydroxyl groups is 1. The zero-order valence-corrected chi connectivity index (χ0v) is 25.3. The molecule has 2 aromatic carbocycles. The summed E-state index contributed by atoms with van der Waals surface area (Å²) in [5.41, 5.74) is 3.26. The minimum atomic E-state index is -0.523. The van der Waals surface area contributed by atoms with Crippen LogP contribution in [0.1, 0.15) is 75.0 Å². The molecule has 1 saturated heterocycles. The number of carbonyl (C=O) groups is 2. The summed E-state index contributed by atoms with van der Waals surface area (Å²) in [5, 5.41) is 11.1. The number of hydrogen-bond donors (Lipinski definition) is 1. The fourth-order valence-corrected chi connectivity index (χ4v) is 6.96. The Morgan fingerprint density at radius 3 is 2.67 bits per heavy atom. The van der Waals surface area contributed by atoms with Gasteiger partial charge in [0, 0.05) is 6.61 Å². The predicted octanol–water partition coefficient (Wildman–Crippen LogP) is 5.56. The molecule has 3 aliphatic rings. The third kappa shape index (κ3) is 8.80. The minimum absolute atomic E-state index is 0.00857. The third-order valence-corrected chi connectivity index (χ3v) is 9.26. The van der Waals surface area contributed by atoms with E-state index in [1.807, 2.05) is 42.5 Å². The number of ether oxygens (including phenoxy) is 5. The van der Waals surface area contributed by atoms with Crippen LogP contribution in [0, 0.1) is 17.8 Å². The van der Waals surface area contributed by atoms with Crippen molar-refractivity contribution in [1.82, 2.24) is 0 Å². The maximum atomic E-state index is 12.3. The van der Waals surface area contributed by atoms with Gasteiger partial charge in [0.15, 0.2) is 12.9 Å². The summed E-state index contributed by atoms with van der Waals surface area (Å²) in [6.07, 6.45) is 8.33. The Balaban J connectivity index is 1.07. The van der Waals surface area contributed by atoms with Crippen LogP contribution in [0.15, 0.2) is 48.5 Å². The van der Waals surface area contributed by atoms with E-state index in [0.29, 0.717) is 17.6 Å². The first-order chi connectivity index (χ1) is 21.0. The molecule has 2 aliphatic carbocycles. The zero-order chi connectivity index (χ0) is 30.0. The standard InChI is InChI=1S/C35H46O8/c1-2-27(43-35-13-6-7-17-40-35)14-15-28-29-19-25-11-8-12-32(30(25)20-26(29)21-31(28)36)41-23-34(38)39-18-16-33(37)42-22-24-9-4-3-5-10-24/h3-5,8-12,26-29,31,35-36H,2,6-7,13-23H2,1H3/t26-,27-,28+,29-,31+,35?/m0/s1. The van der Waals surface area contributed by atoms with Gasteiger partial charge in [-0.25, -0.2) is 4.79 Å². The molecule has 234 valence electrons. The second-order valence-electron chi connectivity index (χ2n) is 12.1. The quantitative estimate of drug-likeness (QED) is 0.284. The lowest BCUT2D eigenvalue weighted by Gasteiger charge is -2.33. The van der Waals surface area contributed by atoms with Crippen molar-refractivity contribution in [1.29, 1.82) is 0 Å². The summed E-state index contributed by atoms with van der Waals surface area (Å²) in [6, 6.07) is 15.4. The van der Waals surface area contributed by atoms with E-state index < -0.39 is 11.9 Å². The van der Waals surface area contributed by atoms with Gasteiger partial charge < -0.3 is 28.8 Å². The summed E-state index contributed by atoms with van der Waals surface area (Å²) in [5.74, 6) is 0.811. The molecular formula is C35H46O8. The molecule has 2 fully saturated rings. The highest BCUT2D eigenvalue weighted by Gasteiger charge is 2.45. The summed E-state index contributed by atoms with van der Waals surface area (Å²) in [4.78, 5) is 24.3. The second kappa shape index (κ2) is 15.7. The molecular weight excluding hydrogens is 548 g/mol. The van der Waals surface area contributed by atoms with Gasteiger partial charge in [-0.3, -0.25) is 4.79 Å². The Morgan fingerprint density at radius 2 is 1.88 bits per heavy atom. The minimum Gasteiger partial charge on any atom is -0.482 e. The van der Waals surface area contributed by atoms with Crippen LogP contribution in [0.5, 0.6) is 5.75 Å². The van der Waals surface area contributed by atoms with E-state index in [1.54, 1.807) is 0 Å². The van der Waals surface area contributed by atoms with Gasteiger partial charge in [0.25, 0.3) is 0 Å². The second-order valence-corrected chi connectivity index (χ2v) is 12.1. The van der Waals surface area contributed by atoms with Gasteiger partial charge in [0.1, 0.15) is 19.0 Å². The molecule has 2 aromatic rings. The SMILES string of the molecule is CC[C@@H](CC[C@@H]1[C@H]2Cc3cccc(OCC(=O)OCCC(=O)OCc4ccccc4)c3C[C@H]2C[C@H]1O)OC1CCCCO1. The van der Waals surface area contributed by atoms with Crippen LogP contribution >= 0.6 is 0 Å². The molecule has 1 N–H and O–H groups in total. The molecule has 6 atom stereocenters. The Bertz CT molecular complexity index is 1180. The van der Waals surface area contributed by atoms with Crippen molar-refractivity contribution < 1.29 is 38.4 Å². The van der Waals surface area contributed by atoms with Crippen molar-refractivity contribution in [3.63, 3.8) is 0 Å². The van der Waals surface area contributed by atoms with Crippen molar-refractivity contribution >= 4 is 11.9 Å². The maximum absolute atomic E-state index is 12.3. The Labute approximate surface area is 255 Å². The topological polar surface area (TPSA) is 101 Å². The van der Waals surface area contributed by atoms with Crippen LogP contribution < -0.4 is 4.74 Å². The van der Waals surface area contributed by atoms with E-state index in [9.17, 15) is 14.7 Å². The van der Waals surface area contributed by atoms with E-state index in [2.05, 4.69) is 13.0 Å². The first kappa shape index (κ1) is 31.5. The fraction of sp³-hybridized carbons (Fsp3) is 0.600. The summed E-state index contributed by atoms with van der Waals surface area (Å²) in [6.45, 7) is 2.86. The molecule has 0 aromatic heterocycles. The lowest BCUT2D eigenvalue weighted by molar-refractivity contribution is -0.190. The van der Waals surface area contributed by atoms with Gasteiger partial charge in [-0.1, -0.05) is 49.4 Å². The van der Waals surface area contributed by atoms with Gasteiger partial charge in [-0.2, -0.15) is 0 Å². The van der Waals surface area contributed by atoms with Crippen LogP contribution in [0.25, 0.3) is 0 Å². The Kier molecular flexibility index (Phi) is 11.5. The number of hydrogen-bond acceptors (Lipinski definition) is 8. The summed E-state index contributed by atoms with van der Waals surface area (Å²) < 4.78 is 28.4.